The number of aromatic nitrogens is 1. The Bertz CT molecular complexity index is 238. The number of pyridine rings is 1. The van der Waals surface area contributed by atoms with Crippen LogP contribution >= 0.6 is 11.6 Å². The lowest BCUT2D eigenvalue weighted by Crippen LogP contribution is -1.89. The second-order valence-corrected chi connectivity index (χ2v) is 2.42. The van der Waals surface area contributed by atoms with Crippen LogP contribution in [0.4, 0.5) is 0 Å². The normalized spacial score (nSPS) is 10.4. The van der Waals surface area contributed by atoms with Crippen molar-refractivity contribution < 1.29 is 4.84 Å². The van der Waals surface area contributed by atoms with E-state index in [0.717, 1.165) is 5.56 Å². The molecule has 0 unspecified atom stereocenters. The number of nitrogens with zero attached hydrogens (tertiary/aromatic N) is 2. The monoisotopic (exact) mass is 184 g/mol. The minimum absolute atomic E-state index is 0.434. The van der Waals surface area contributed by atoms with Crippen LogP contribution in [0.2, 0.25) is 0 Å². The molecule has 64 valence electrons. The fourth-order valence-corrected chi connectivity index (χ4v) is 0.704. The maximum atomic E-state index is 5.37. The van der Waals surface area contributed by atoms with Gasteiger partial charge in [0.15, 0.2) is 0 Å². The van der Waals surface area contributed by atoms with Crippen LogP contribution in [-0.4, -0.2) is 23.7 Å². The van der Waals surface area contributed by atoms with E-state index in [1.54, 1.807) is 18.6 Å². The lowest BCUT2D eigenvalue weighted by molar-refractivity contribution is 0.162. The van der Waals surface area contributed by atoms with E-state index in [0.29, 0.717) is 12.5 Å². The lowest BCUT2D eigenvalue weighted by Gasteiger charge is -1.92. The predicted molar refractivity (Wildman–Crippen MR) is 48.5 cm³/mol. The van der Waals surface area contributed by atoms with Gasteiger partial charge in [0.25, 0.3) is 0 Å². The number of rotatable bonds is 4. The van der Waals surface area contributed by atoms with Crippen LogP contribution in [0.3, 0.4) is 0 Å². The summed E-state index contributed by atoms with van der Waals surface area (Å²) in [5.41, 5.74) is 0.958. The van der Waals surface area contributed by atoms with E-state index in [9.17, 15) is 0 Å². The summed E-state index contributed by atoms with van der Waals surface area (Å²) in [4.78, 5) is 8.67. The summed E-state index contributed by atoms with van der Waals surface area (Å²) in [6.45, 7) is 0.434. The molecule has 1 aromatic rings. The van der Waals surface area contributed by atoms with E-state index in [4.69, 9.17) is 16.4 Å². The Morgan fingerprint density at radius 3 is 2.92 bits per heavy atom. The van der Waals surface area contributed by atoms with Gasteiger partial charge in [0.05, 0.1) is 12.1 Å². The Hall–Kier alpha value is -1.09. The summed E-state index contributed by atoms with van der Waals surface area (Å²) in [6, 6.07) is 3.68. The average molecular weight is 185 g/mol. The Morgan fingerprint density at radius 1 is 1.50 bits per heavy atom. The van der Waals surface area contributed by atoms with Crippen molar-refractivity contribution in [2.45, 2.75) is 0 Å². The van der Waals surface area contributed by atoms with E-state index in [1.165, 1.54) is 0 Å². The van der Waals surface area contributed by atoms with Crippen LogP contribution in [0, 0.1) is 0 Å². The zero-order valence-corrected chi connectivity index (χ0v) is 7.24. The van der Waals surface area contributed by atoms with Gasteiger partial charge in [-0.15, -0.1) is 11.6 Å². The second kappa shape index (κ2) is 5.55. The highest BCUT2D eigenvalue weighted by atomic mass is 35.5. The molecule has 0 aliphatic carbocycles. The average Bonchev–Trinajstić information content (AvgIpc) is 2.14. The standard InChI is InChI=1S/C8H9ClN2O/c9-3-6-12-11-7-8-1-4-10-5-2-8/h1-2,4-5,7H,3,6H2/b11-7+. The quantitative estimate of drug-likeness (QED) is 0.309. The van der Waals surface area contributed by atoms with Gasteiger partial charge >= 0.3 is 0 Å². The molecule has 0 bridgehead atoms. The highest BCUT2D eigenvalue weighted by Crippen LogP contribution is 1.91. The van der Waals surface area contributed by atoms with Crippen molar-refractivity contribution in [2.24, 2.45) is 5.16 Å². The van der Waals surface area contributed by atoms with Crippen LogP contribution < -0.4 is 0 Å². The van der Waals surface area contributed by atoms with Crippen molar-refractivity contribution in [3.05, 3.63) is 30.1 Å². The third kappa shape index (κ3) is 3.34. The lowest BCUT2D eigenvalue weighted by atomic mass is 10.3. The van der Waals surface area contributed by atoms with Crippen molar-refractivity contribution in [2.75, 3.05) is 12.5 Å². The molecule has 1 aromatic heterocycles. The van der Waals surface area contributed by atoms with E-state index in [1.807, 2.05) is 12.1 Å². The SMILES string of the molecule is ClCCO/N=C/c1ccncc1. The first-order chi connectivity index (χ1) is 5.93. The fraction of sp³-hybridized carbons (Fsp3) is 0.250. The van der Waals surface area contributed by atoms with Gasteiger partial charge in [-0.3, -0.25) is 4.98 Å². The van der Waals surface area contributed by atoms with Gasteiger partial charge in [0, 0.05) is 12.4 Å². The smallest absolute Gasteiger partial charge is 0.130 e. The zero-order chi connectivity index (χ0) is 8.65. The topological polar surface area (TPSA) is 34.5 Å². The highest BCUT2D eigenvalue weighted by Gasteiger charge is 1.83. The third-order valence-corrected chi connectivity index (χ3v) is 1.31. The van der Waals surface area contributed by atoms with Crippen LogP contribution in [0.1, 0.15) is 5.56 Å². The van der Waals surface area contributed by atoms with Crippen LogP contribution in [0.25, 0.3) is 0 Å². The molecule has 0 aliphatic rings. The molecule has 0 saturated heterocycles. The molecule has 4 heteroatoms. The molecule has 0 aliphatic heterocycles. The van der Waals surface area contributed by atoms with Gasteiger partial charge < -0.3 is 4.84 Å². The molecule has 0 radical (unpaired) electrons. The van der Waals surface area contributed by atoms with Crippen molar-refractivity contribution in [3.63, 3.8) is 0 Å². The minimum atomic E-state index is 0.434. The van der Waals surface area contributed by atoms with E-state index in [-0.39, 0.29) is 0 Å². The van der Waals surface area contributed by atoms with Gasteiger partial charge in [-0.1, -0.05) is 5.16 Å². The highest BCUT2D eigenvalue weighted by molar-refractivity contribution is 6.17. The molecular weight excluding hydrogens is 176 g/mol. The van der Waals surface area contributed by atoms with Crippen molar-refractivity contribution in [1.82, 2.24) is 4.98 Å². The molecule has 0 saturated carbocycles. The molecule has 1 rings (SSSR count). The summed E-state index contributed by atoms with van der Waals surface area (Å²) in [5.74, 6) is 0.452. The van der Waals surface area contributed by atoms with Gasteiger partial charge in [-0.2, -0.15) is 0 Å². The van der Waals surface area contributed by atoms with Crippen molar-refractivity contribution in [1.29, 1.82) is 0 Å². The third-order valence-electron chi connectivity index (χ3n) is 1.15. The van der Waals surface area contributed by atoms with Crippen LogP contribution in [0.5, 0.6) is 0 Å². The molecule has 0 fully saturated rings. The Balaban J connectivity index is 2.36. The van der Waals surface area contributed by atoms with Gasteiger partial charge in [0.2, 0.25) is 0 Å². The Kier molecular flexibility index (Phi) is 4.16. The molecule has 0 aromatic carbocycles. The first-order valence-corrected chi connectivity index (χ1v) is 4.08. The number of hydrogen-bond donors (Lipinski definition) is 0. The van der Waals surface area contributed by atoms with Crippen molar-refractivity contribution in [3.8, 4) is 0 Å². The summed E-state index contributed by atoms with van der Waals surface area (Å²) in [6.07, 6.45) is 5.01. The predicted octanol–water partition coefficient (Wildman–Crippen LogP) is 1.67. The number of oxime groups is 1. The van der Waals surface area contributed by atoms with E-state index in [2.05, 4.69) is 10.1 Å². The number of halogens is 1. The van der Waals surface area contributed by atoms with Gasteiger partial charge in [0.1, 0.15) is 6.61 Å². The molecule has 0 atom stereocenters. The largest absolute Gasteiger partial charge is 0.395 e. The number of hydrogen-bond acceptors (Lipinski definition) is 3. The van der Waals surface area contributed by atoms with Gasteiger partial charge in [-0.25, -0.2) is 0 Å². The summed E-state index contributed by atoms with van der Waals surface area (Å²) in [7, 11) is 0. The molecule has 3 nitrogen and oxygen atoms in total. The molecular formula is C8H9ClN2O. The zero-order valence-electron chi connectivity index (χ0n) is 6.48. The fourth-order valence-electron chi connectivity index (χ4n) is 0.635. The van der Waals surface area contributed by atoms with Crippen LogP contribution in [0.15, 0.2) is 29.7 Å². The van der Waals surface area contributed by atoms with Crippen molar-refractivity contribution >= 4 is 17.8 Å². The van der Waals surface area contributed by atoms with Gasteiger partial charge in [-0.05, 0) is 17.7 Å². The first-order valence-electron chi connectivity index (χ1n) is 3.55. The molecule has 0 spiro atoms. The molecule has 12 heavy (non-hydrogen) atoms. The number of alkyl halides is 1. The summed E-state index contributed by atoms with van der Waals surface area (Å²) < 4.78 is 0. The second-order valence-electron chi connectivity index (χ2n) is 2.04. The minimum Gasteiger partial charge on any atom is -0.395 e. The van der Waals surface area contributed by atoms with E-state index >= 15 is 0 Å². The maximum absolute atomic E-state index is 5.37. The van der Waals surface area contributed by atoms with E-state index < -0.39 is 0 Å². The van der Waals surface area contributed by atoms with Crippen LogP contribution in [-0.2, 0) is 4.84 Å². The Labute approximate surface area is 76.0 Å². The Morgan fingerprint density at radius 2 is 2.25 bits per heavy atom. The molecule has 0 N–H and O–H groups in total. The summed E-state index contributed by atoms with van der Waals surface area (Å²) >= 11 is 5.37. The molecule has 1 heterocycles. The summed E-state index contributed by atoms with van der Waals surface area (Å²) in [5, 5.41) is 3.69. The first kappa shape index (κ1) is 9.00. The maximum Gasteiger partial charge on any atom is 0.130 e. The molecule has 0 amide bonds.